The number of hydrogen-bond acceptors (Lipinski definition) is 5. The molecule has 5 nitrogen and oxygen atoms in total. The van der Waals surface area contributed by atoms with Crippen LogP contribution in [0.3, 0.4) is 0 Å². The molecule has 1 aliphatic rings. The number of ether oxygens (including phenoxy) is 2. The lowest BCUT2D eigenvalue weighted by Gasteiger charge is -2.18. The van der Waals surface area contributed by atoms with Crippen LogP contribution in [0, 0.1) is 11.3 Å². The fourth-order valence-corrected chi connectivity index (χ4v) is 2.45. The molecule has 3 rings (SSSR count). The van der Waals surface area contributed by atoms with Gasteiger partial charge in [-0.3, -0.25) is 4.79 Å². The lowest BCUT2D eigenvalue weighted by Crippen LogP contribution is -2.15. The maximum atomic E-state index is 12.4. The Morgan fingerprint density at radius 1 is 1.17 bits per heavy atom. The Morgan fingerprint density at radius 3 is 2.67 bits per heavy atom. The largest absolute Gasteiger partial charge is 0.486 e. The summed E-state index contributed by atoms with van der Waals surface area (Å²) in [7, 11) is 0. The van der Waals surface area contributed by atoms with E-state index in [1.807, 2.05) is 6.07 Å². The minimum absolute atomic E-state index is 0.0435. The van der Waals surface area contributed by atoms with Gasteiger partial charge in [-0.05, 0) is 24.3 Å². The zero-order chi connectivity index (χ0) is 16.9. The van der Waals surface area contributed by atoms with E-state index in [0.29, 0.717) is 35.4 Å². The van der Waals surface area contributed by atoms with Gasteiger partial charge in [-0.2, -0.15) is 5.26 Å². The number of ketones is 1. The van der Waals surface area contributed by atoms with E-state index < -0.39 is 5.78 Å². The first-order valence-corrected chi connectivity index (χ1v) is 7.62. The molecule has 0 aliphatic carbocycles. The number of rotatable bonds is 4. The van der Waals surface area contributed by atoms with Crippen molar-refractivity contribution in [2.45, 2.75) is 0 Å². The van der Waals surface area contributed by atoms with E-state index >= 15 is 0 Å². The maximum Gasteiger partial charge on any atom is 0.206 e. The van der Waals surface area contributed by atoms with Gasteiger partial charge in [-0.15, -0.1) is 0 Å². The lowest BCUT2D eigenvalue weighted by atomic mass is 10.1. The van der Waals surface area contributed by atoms with E-state index in [-0.39, 0.29) is 11.1 Å². The van der Waals surface area contributed by atoms with Crippen LogP contribution in [-0.2, 0) is 0 Å². The third-order valence-corrected chi connectivity index (χ3v) is 3.74. The number of fused-ring (bicyclic) bond motifs is 1. The molecular weight excluding hydrogens is 328 g/mol. The van der Waals surface area contributed by atoms with Gasteiger partial charge in [0.25, 0.3) is 0 Å². The number of anilines is 1. The van der Waals surface area contributed by atoms with Crippen molar-refractivity contribution in [3.05, 3.63) is 64.8 Å². The molecule has 2 aromatic carbocycles. The van der Waals surface area contributed by atoms with E-state index in [0.717, 1.165) is 0 Å². The highest BCUT2D eigenvalue weighted by Gasteiger charge is 2.15. The number of nitriles is 1. The summed E-state index contributed by atoms with van der Waals surface area (Å²) in [5.41, 5.74) is 0.924. The molecule has 0 bridgehead atoms. The van der Waals surface area contributed by atoms with E-state index in [4.69, 9.17) is 21.1 Å². The zero-order valence-corrected chi connectivity index (χ0v) is 13.3. The summed E-state index contributed by atoms with van der Waals surface area (Å²) < 4.78 is 10.9. The second-order valence-electron chi connectivity index (χ2n) is 4.98. The van der Waals surface area contributed by atoms with Gasteiger partial charge in [0.15, 0.2) is 11.5 Å². The van der Waals surface area contributed by atoms with E-state index in [9.17, 15) is 10.1 Å². The molecule has 0 radical (unpaired) electrons. The Hall–Kier alpha value is -2.97. The van der Waals surface area contributed by atoms with E-state index in [1.165, 1.54) is 6.20 Å². The van der Waals surface area contributed by atoms with Crippen molar-refractivity contribution in [3.8, 4) is 17.6 Å². The first-order chi connectivity index (χ1) is 11.7. The van der Waals surface area contributed by atoms with Gasteiger partial charge in [-0.1, -0.05) is 23.7 Å². The average molecular weight is 341 g/mol. The van der Waals surface area contributed by atoms with Crippen molar-refractivity contribution < 1.29 is 14.3 Å². The van der Waals surface area contributed by atoms with Crippen LogP contribution in [0.25, 0.3) is 0 Å². The van der Waals surface area contributed by atoms with Crippen molar-refractivity contribution in [2.24, 2.45) is 0 Å². The standard InChI is InChI=1S/C18H13ClN2O3/c19-15-4-2-1-3-14(15)18(22)12(10-20)11-21-13-5-6-16-17(9-13)24-8-7-23-16/h1-6,9,11,21H,7-8H2. The minimum Gasteiger partial charge on any atom is -0.486 e. The van der Waals surface area contributed by atoms with Crippen molar-refractivity contribution in [2.75, 3.05) is 18.5 Å². The molecule has 0 fully saturated rings. The van der Waals surface area contributed by atoms with Crippen LogP contribution in [-0.4, -0.2) is 19.0 Å². The first-order valence-electron chi connectivity index (χ1n) is 7.25. The van der Waals surface area contributed by atoms with Crippen molar-refractivity contribution in [1.82, 2.24) is 0 Å². The van der Waals surface area contributed by atoms with Gasteiger partial charge in [0.05, 0.1) is 5.02 Å². The Morgan fingerprint density at radius 2 is 1.92 bits per heavy atom. The minimum atomic E-state index is -0.437. The van der Waals surface area contributed by atoms with Gasteiger partial charge in [0.2, 0.25) is 5.78 Å². The van der Waals surface area contributed by atoms with Crippen LogP contribution in [0.1, 0.15) is 10.4 Å². The molecule has 24 heavy (non-hydrogen) atoms. The Labute approximate surface area is 144 Å². The third kappa shape index (κ3) is 3.34. The van der Waals surface area contributed by atoms with Crippen LogP contribution in [0.15, 0.2) is 54.2 Å². The van der Waals surface area contributed by atoms with Gasteiger partial charge in [-0.25, -0.2) is 0 Å². The van der Waals surface area contributed by atoms with Crippen molar-refractivity contribution in [1.29, 1.82) is 5.26 Å². The molecule has 0 aromatic heterocycles. The smallest absolute Gasteiger partial charge is 0.206 e. The zero-order valence-electron chi connectivity index (χ0n) is 12.6. The topological polar surface area (TPSA) is 71.3 Å². The molecule has 1 aliphatic heterocycles. The summed E-state index contributed by atoms with van der Waals surface area (Å²) in [4.78, 5) is 12.4. The predicted molar refractivity (Wildman–Crippen MR) is 90.5 cm³/mol. The van der Waals surface area contributed by atoms with Crippen LogP contribution < -0.4 is 14.8 Å². The summed E-state index contributed by atoms with van der Waals surface area (Å²) in [6.07, 6.45) is 1.36. The van der Waals surface area contributed by atoms with Gasteiger partial charge < -0.3 is 14.8 Å². The number of benzene rings is 2. The summed E-state index contributed by atoms with van der Waals surface area (Å²) in [5, 5.41) is 12.5. The lowest BCUT2D eigenvalue weighted by molar-refractivity contribution is 0.103. The molecule has 0 spiro atoms. The van der Waals surface area contributed by atoms with Crippen molar-refractivity contribution in [3.63, 3.8) is 0 Å². The van der Waals surface area contributed by atoms with Crippen LogP contribution in [0.5, 0.6) is 11.5 Å². The number of carbonyl (C=O) groups is 1. The second-order valence-corrected chi connectivity index (χ2v) is 5.39. The number of halogens is 1. The molecule has 2 aromatic rings. The summed E-state index contributed by atoms with van der Waals surface area (Å²) in [5.74, 6) is 0.854. The van der Waals surface area contributed by atoms with Gasteiger partial charge in [0.1, 0.15) is 24.9 Å². The van der Waals surface area contributed by atoms with Gasteiger partial charge >= 0.3 is 0 Å². The molecule has 0 atom stereocenters. The predicted octanol–water partition coefficient (Wildman–Crippen LogP) is 3.81. The molecule has 6 heteroatoms. The number of nitrogens with zero attached hydrogens (tertiary/aromatic N) is 1. The highest BCUT2D eigenvalue weighted by Crippen LogP contribution is 2.32. The molecule has 1 N–H and O–H groups in total. The van der Waals surface area contributed by atoms with Crippen LogP contribution >= 0.6 is 11.6 Å². The highest BCUT2D eigenvalue weighted by atomic mass is 35.5. The fourth-order valence-electron chi connectivity index (χ4n) is 2.23. The van der Waals surface area contributed by atoms with E-state index in [2.05, 4.69) is 5.32 Å². The second kappa shape index (κ2) is 7.07. The average Bonchev–Trinajstić information content (AvgIpc) is 2.62. The van der Waals surface area contributed by atoms with Crippen LogP contribution in [0.2, 0.25) is 5.02 Å². The monoisotopic (exact) mass is 340 g/mol. The first kappa shape index (κ1) is 15.9. The maximum absolute atomic E-state index is 12.4. The molecule has 0 unspecified atom stereocenters. The molecule has 0 amide bonds. The molecular formula is C18H13ClN2O3. The SMILES string of the molecule is N#CC(=CNc1ccc2c(c1)OCCO2)C(=O)c1ccccc1Cl. The Bertz CT molecular complexity index is 856. The third-order valence-electron chi connectivity index (χ3n) is 3.41. The molecule has 1 heterocycles. The number of allylic oxidation sites excluding steroid dienone is 1. The summed E-state index contributed by atoms with van der Waals surface area (Å²) in [6.45, 7) is 1.01. The van der Waals surface area contributed by atoms with Crippen molar-refractivity contribution >= 4 is 23.1 Å². The fraction of sp³-hybridized carbons (Fsp3) is 0.111. The quantitative estimate of drug-likeness (QED) is 0.520. The highest BCUT2D eigenvalue weighted by molar-refractivity contribution is 6.35. The number of Topliss-reactive ketones (excluding diaryl/α,β-unsaturated/α-hetero) is 1. The number of nitrogens with one attached hydrogen (secondary N) is 1. The number of carbonyl (C=O) groups excluding carboxylic acids is 1. The Kier molecular flexibility index (Phi) is 4.69. The van der Waals surface area contributed by atoms with Gasteiger partial charge in [0, 0.05) is 23.5 Å². The normalized spacial score (nSPS) is 13.1. The molecule has 0 saturated carbocycles. The summed E-state index contributed by atoms with van der Waals surface area (Å²) in [6, 6.07) is 13.8. The molecule has 120 valence electrons. The van der Waals surface area contributed by atoms with E-state index in [1.54, 1.807) is 42.5 Å². The Balaban J connectivity index is 1.80. The summed E-state index contributed by atoms with van der Waals surface area (Å²) >= 11 is 6.01. The van der Waals surface area contributed by atoms with Crippen LogP contribution in [0.4, 0.5) is 5.69 Å². The number of hydrogen-bond donors (Lipinski definition) is 1. The molecule has 0 saturated heterocycles.